The minimum Gasteiger partial charge on any atom is -0.497 e. The first kappa shape index (κ1) is 20.2. The van der Waals surface area contributed by atoms with Gasteiger partial charge in [0.25, 0.3) is 5.91 Å². The van der Waals surface area contributed by atoms with E-state index in [0.717, 1.165) is 4.90 Å². The number of methoxy groups -OCH3 is 2. The Kier molecular flexibility index (Phi) is 5.21. The number of aromatic amines is 1. The topological polar surface area (TPSA) is 101 Å². The summed E-state index contributed by atoms with van der Waals surface area (Å²) in [7, 11) is 3.09. The summed E-state index contributed by atoms with van der Waals surface area (Å²) in [5.41, 5.74) is -0.0590. The van der Waals surface area contributed by atoms with Crippen molar-refractivity contribution in [2.24, 2.45) is 0 Å². The second-order valence-electron chi connectivity index (χ2n) is 7.04. The third-order valence-electron chi connectivity index (χ3n) is 5.35. The number of nitrogens with zero attached hydrogens (tertiary/aromatic N) is 1. The Balaban J connectivity index is 1.77. The molecule has 1 aromatic heterocycles. The van der Waals surface area contributed by atoms with Gasteiger partial charge >= 0.3 is 6.03 Å². The number of ketones is 1. The van der Waals surface area contributed by atoms with Crippen molar-refractivity contribution >= 4 is 17.7 Å². The van der Waals surface area contributed by atoms with E-state index >= 15 is 0 Å². The Bertz CT molecular complexity index is 1060. The number of carbonyl (C=O) groups is 3. The summed E-state index contributed by atoms with van der Waals surface area (Å²) in [5.74, 6) is 0.329. The summed E-state index contributed by atoms with van der Waals surface area (Å²) in [6.07, 6.45) is 1.61. The van der Waals surface area contributed by atoms with E-state index in [2.05, 4.69) is 10.3 Å². The van der Waals surface area contributed by atoms with Gasteiger partial charge in [-0.05, 0) is 47.5 Å². The fraction of sp³-hybridized carbons (Fsp3) is 0.174. The van der Waals surface area contributed by atoms with Gasteiger partial charge in [-0.1, -0.05) is 24.3 Å². The molecular formula is C23H21N3O5. The van der Waals surface area contributed by atoms with Crippen LogP contribution < -0.4 is 14.8 Å². The molecule has 0 unspecified atom stereocenters. The first-order valence-electron chi connectivity index (χ1n) is 9.59. The largest absolute Gasteiger partial charge is 0.497 e. The molecule has 0 bridgehead atoms. The molecule has 1 aliphatic rings. The molecular weight excluding hydrogens is 398 g/mol. The quantitative estimate of drug-likeness (QED) is 0.453. The second-order valence-corrected chi connectivity index (χ2v) is 7.04. The lowest BCUT2D eigenvalue weighted by Gasteiger charge is -2.28. The summed E-state index contributed by atoms with van der Waals surface area (Å²) in [4.78, 5) is 42.9. The fourth-order valence-corrected chi connectivity index (χ4v) is 3.69. The predicted octanol–water partition coefficient (Wildman–Crippen LogP) is 2.71. The van der Waals surface area contributed by atoms with E-state index in [1.165, 1.54) is 0 Å². The van der Waals surface area contributed by atoms with Crippen LogP contribution in [0.15, 0.2) is 66.9 Å². The summed E-state index contributed by atoms with van der Waals surface area (Å²) >= 11 is 0. The maximum atomic E-state index is 13.7. The number of urea groups is 1. The number of H-pyrrole nitrogens is 1. The van der Waals surface area contributed by atoms with E-state index in [0.29, 0.717) is 28.3 Å². The number of carbonyl (C=O) groups excluding carboxylic acids is 3. The van der Waals surface area contributed by atoms with Crippen molar-refractivity contribution in [3.63, 3.8) is 0 Å². The Labute approximate surface area is 178 Å². The monoisotopic (exact) mass is 419 g/mol. The number of benzene rings is 2. The van der Waals surface area contributed by atoms with Gasteiger partial charge in [-0.25, -0.2) is 4.79 Å². The van der Waals surface area contributed by atoms with Crippen LogP contribution in [0.4, 0.5) is 4.79 Å². The number of nitrogens with one attached hydrogen (secondary N) is 2. The number of aromatic nitrogens is 1. The summed E-state index contributed by atoms with van der Waals surface area (Å²) in [6.45, 7) is -0.376. The van der Waals surface area contributed by atoms with Crippen LogP contribution in [0.25, 0.3) is 0 Å². The van der Waals surface area contributed by atoms with E-state index in [1.54, 1.807) is 81.1 Å². The minimum atomic E-state index is -1.48. The van der Waals surface area contributed by atoms with Gasteiger partial charge in [0.05, 0.1) is 26.5 Å². The van der Waals surface area contributed by atoms with Gasteiger partial charge in [-0.2, -0.15) is 0 Å². The lowest BCUT2D eigenvalue weighted by atomic mass is 9.82. The number of hydrogen-bond acceptors (Lipinski definition) is 5. The van der Waals surface area contributed by atoms with Crippen LogP contribution in [0.2, 0.25) is 0 Å². The summed E-state index contributed by atoms with van der Waals surface area (Å²) in [6, 6.07) is 16.4. The third kappa shape index (κ3) is 3.42. The van der Waals surface area contributed by atoms with Gasteiger partial charge in [0.15, 0.2) is 11.3 Å². The van der Waals surface area contributed by atoms with Gasteiger partial charge in [-0.15, -0.1) is 0 Å². The zero-order chi connectivity index (χ0) is 22.0. The zero-order valence-electron chi connectivity index (χ0n) is 17.0. The van der Waals surface area contributed by atoms with E-state index in [9.17, 15) is 14.4 Å². The first-order valence-corrected chi connectivity index (χ1v) is 9.59. The number of rotatable bonds is 7. The maximum absolute atomic E-state index is 13.7. The van der Waals surface area contributed by atoms with Crippen LogP contribution in [-0.4, -0.2) is 48.4 Å². The van der Waals surface area contributed by atoms with Crippen molar-refractivity contribution in [3.05, 3.63) is 83.7 Å². The van der Waals surface area contributed by atoms with E-state index in [4.69, 9.17) is 9.47 Å². The number of amides is 3. The zero-order valence-corrected chi connectivity index (χ0v) is 17.0. The number of hydrogen-bond donors (Lipinski definition) is 2. The van der Waals surface area contributed by atoms with Crippen molar-refractivity contribution < 1.29 is 23.9 Å². The predicted molar refractivity (Wildman–Crippen MR) is 112 cm³/mol. The molecule has 8 heteroatoms. The SMILES string of the molecule is COc1ccc(C2(c3ccc(OC)cc3)NC(=O)N(CC(=O)c3ccc[nH]3)C2=O)cc1. The lowest BCUT2D eigenvalue weighted by molar-refractivity contribution is -0.129. The van der Waals surface area contributed by atoms with Gasteiger partial charge < -0.3 is 19.8 Å². The van der Waals surface area contributed by atoms with Gasteiger partial charge in [-0.3, -0.25) is 14.5 Å². The Morgan fingerprint density at radius 1 is 0.903 bits per heavy atom. The number of ether oxygens (including phenoxy) is 2. The van der Waals surface area contributed by atoms with Crippen molar-refractivity contribution in [2.45, 2.75) is 5.54 Å². The van der Waals surface area contributed by atoms with Gasteiger partial charge in [0.2, 0.25) is 0 Å². The van der Waals surface area contributed by atoms with E-state index in [-0.39, 0.29) is 12.3 Å². The molecule has 31 heavy (non-hydrogen) atoms. The van der Waals surface area contributed by atoms with E-state index < -0.39 is 17.5 Å². The number of Topliss-reactive ketones (excluding diaryl/α,β-unsaturated/α-hetero) is 1. The Hall–Kier alpha value is -4.07. The molecule has 3 amide bonds. The van der Waals surface area contributed by atoms with Crippen LogP contribution in [-0.2, 0) is 10.3 Å². The lowest BCUT2D eigenvalue weighted by Crippen LogP contribution is -2.45. The average Bonchev–Trinajstić information content (AvgIpc) is 3.43. The standard InChI is InChI=1S/C23H21N3O5/c1-30-17-9-5-15(6-10-17)23(16-7-11-18(31-2)12-8-16)21(28)26(22(29)25-23)14-20(27)19-4-3-13-24-19/h3-13,24H,14H2,1-2H3,(H,25,29). The van der Waals surface area contributed by atoms with Gasteiger partial charge in [0, 0.05) is 6.20 Å². The van der Waals surface area contributed by atoms with E-state index in [1.807, 2.05) is 0 Å². The molecule has 2 N–H and O–H groups in total. The smallest absolute Gasteiger partial charge is 0.325 e. The molecule has 4 rings (SSSR count). The van der Waals surface area contributed by atoms with Crippen molar-refractivity contribution in [1.82, 2.24) is 15.2 Å². The summed E-state index contributed by atoms with van der Waals surface area (Å²) < 4.78 is 10.4. The molecule has 8 nitrogen and oxygen atoms in total. The van der Waals surface area contributed by atoms with Crippen LogP contribution in [0.5, 0.6) is 11.5 Å². The Morgan fingerprint density at radius 3 is 1.90 bits per heavy atom. The highest BCUT2D eigenvalue weighted by molar-refractivity contribution is 6.12. The molecule has 0 spiro atoms. The van der Waals surface area contributed by atoms with Crippen LogP contribution >= 0.6 is 0 Å². The molecule has 1 fully saturated rings. The number of imide groups is 1. The molecule has 0 atom stereocenters. The molecule has 158 valence electrons. The average molecular weight is 419 g/mol. The maximum Gasteiger partial charge on any atom is 0.325 e. The fourth-order valence-electron chi connectivity index (χ4n) is 3.69. The minimum absolute atomic E-state index is 0.326. The highest BCUT2D eigenvalue weighted by Gasteiger charge is 2.54. The van der Waals surface area contributed by atoms with Crippen LogP contribution in [0, 0.1) is 0 Å². The summed E-state index contributed by atoms with van der Waals surface area (Å²) in [5, 5.41) is 2.82. The second kappa shape index (κ2) is 7.98. The molecule has 0 saturated carbocycles. The molecule has 0 radical (unpaired) electrons. The molecule has 1 saturated heterocycles. The molecule has 3 aromatic rings. The van der Waals surface area contributed by atoms with Crippen molar-refractivity contribution in [3.8, 4) is 11.5 Å². The van der Waals surface area contributed by atoms with Gasteiger partial charge in [0.1, 0.15) is 11.5 Å². The molecule has 0 aliphatic carbocycles. The molecule has 2 heterocycles. The molecule has 2 aromatic carbocycles. The van der Waals surface area contributed by atoms with Crippen molar-refractivity contribution in [1.29, 1.82) is 0 Å². The first-order chi connectivity index (χ1) is 15.0. The Morgan fingerprint density at radius 2 is 1.45 bits per heavy atom. The normalized spacial score (nSPS) is 15.0. The van der Waals surface area contributed by atoms with Crippen LogP contribution in [0.1, 0.15) is 21.6 Å². The molecule has 1 aliphatic heterocycles. The van der Waals surface area contributed by atoms with Crippen LogP contribution in [0.3, 0.4) is 0 Å². The highest BCUT2D eigenvalue weighted by atomic mass is 16.5. The third-order valence-corrected chi connectivity index (χ3v) is 5.35. The van der Waals surface area contributed by atoms with Crippen molar-refractivity contribution in [2.75, 3.05) is 20.8 Å². The highest BCUT2D eigenvalue weighted by Crippen LogP contribution is 2.37.